The number of thiazole rings is 1. The van der Waals surface area contributed by atoms with E-state index in [0.29, 0.717) is 43.9 Å². The number of fused-ring (bicyclic) bond motifs is 6. The Morgan fingerprint density at radius 1 is 1.07 bits per heavy atom. The van der Waals surface area contributed by atoms with Gasteiger partial charge in [-0.25, -0.2) is 15.2 Å². The van der Waals surface area contributed by atoms with Crippen LogP contribution in [-0.4, -0.2) is 136 Å². The highest BCUT2D eigenvalue weighted by Crippen LogP contribution is 2.45. The lowest BCUT2D eigenvalue weighted by Crippen LogP contribution is -2.64. The van der Waals surface area contributed by atoms with Gasteiger partial charge in [-0.15, -0.1) is 11.3 Å². The Balaban J connectivity index is 0.00000252. The van der Waals surface area contributed by atoms with E-state index in [0.717, 1.165) is 70.6 Å². The highest BCUT2D eigenvalue weighted by Gasteiger charge is 2.54. The fourth-order valence-corrected chi connectivity index (χ4v) is 11.0. The standard InChI is InChI=1S/C48H65N9O6S.4H2S/c1-10-55-38-16-15-31-23-33(38)34(42(55)32-13-11-19-49-40(32)30(4)62-9)25-47(5,6)28-63-45(60)35-14-12-20-57(52-35)44(59)36(24-39-50-37(31)26-64-39)51-43(58)41(29(2)3)54(8)46(61)56-22-21-53(7)27-48(56)17-18-48;;;;/h11,13,15-16,19,23,26,29-30,35-36,41,52H,10,12,14,17-18,20-22,24-25,27-28H2,1-9H3,(H,51,58);4*1H2/t30-,35-,36-,41-;;;;/m0..../s1. The highest BCUT2D eigenvalue weighted by atomic mass is 32.1. The molecular weight excluding hydrogens is 959 g/mol. The van der Waals surface area contributed by atoms with Crippen LogP contribution >= 0.6 is 65.3 Å². The number of rotatable bonds is 8. The van der Waals surface area contributed by atoms with Gasteiger partial charge in [-0.05, 0) is 88.7 Å². The number of hydrogen-bond donors (Lipinski definition) is 2. The summed E-state index contributed by atoms with van der Waals surface area (Å²) in [7, 11) is 5.47. The Bertz CT molecular complexity index is 2420. The number of hydrogen-bond acceptors (Lipinski definition) is 11. The zero-order valence-electron chi connectivity index (χ0n) is 40.9. The average molecular weight is 1030 g/mol. The van der Waals surface area contributed by atoms with Crippen LogP contribution in [0.15, 0.2) is 41.9 Å². The minimum absolute atomic E-state index is 0. The monoisotopic (exact) mass is 1030 g/mol. The van der Waals surface area contributed by atoms with Gasteiger partial charge in [-0.1, -0.05) is 33.8 Å². The number of nitrogens with zero attached hydrogens (tertiary/aromatic N) is 7. The highest BCUT2D eigenvalue weighted by molar-refractivity contribution is 7.59. The lowest BCUT2D eigenvalue weighted by Gasteiger charge is -2.44. The molecule has 0 radical (unpaired) electrons. The van der Waals surface area contributed by atoms with Crippen LogP contribution in [0, 0.1) is 11.3 Å². The van der Waals surface area contributed by atoms with Crippen molar-refractivity contribution in [2.75, 3.05) is 54.0 Å². The molecule has 20 heteroatoms. The molecule has 1 saturated carbocycles. The summed E-state index contributed by atoms with van der Waals surface area (Å²) < 4.78 is 14.3. The quantitative estimate of drug-likeness (QED) is 0.187. The Kier molecular flexibility index (Phi) is 19.4. The van der Waals surface area contributed by atoms with E-state index in [1.54, 1.807) is 25.3 Å². The minimum atomic E-state index is -1.03. The number of benzene rings is 1. The number of esters is 1. The number of piperazine rings is 1. The first-order valence-corrected chi connectivity index (χ1v) is 23.8. The van der Waals surface area contributed by atoms with Gasteiger partial charge in [0.05, 0.1) is 40.3 Å². The Morgan fingerprint density at radius 3 is 2.49 bits per heavy atom. The summed E-state index contributed by atoms with van der Waals surface area (Å²) >= 11 is 1.44. The van der Waals surface area contributed by atoms with Crippen molar-refractivity contribution in [2.45, 2.75) is 116 Å². The zero-order chi connectivity index (χ0) is 45.7. The van der Waals surface area contributed by atoms with Crippen molar-refractivity contribution in [1.29, 1.82) is 0 Å². The predicted molar refractivity (Wildman–Crippen MR) is 289 cm³/mol. The second-order valence-corrected chi connectivity index (χ2v) is 20.4. The average Bonchev–Trinajstić information content (AvgIpc) is 3.74. The summed E-state index contributed by atoms with van der Waals surface area (Å²) in [6.45, 7) is 15.6. The SMILES string of the molecule is CCn1c(-c2cccnc2[C@H](C)OC)c2c3cc(ccc31)-c1csc(n1)C[C@H](NC(=O)[C@H](C(C)C)N(C)C(=O)N1CCN(C)CC13CC3)C(=O)N1CCC[C@H](N1)C(=O)OCC(C)(C)C2.S.S.S.S. The lowest BCUT2D eigenvalue weighted by molar-refractivity contribution is -0.155. The van der Waals surface area contributed by atoms with Crippen LogP contribution in [0.4, 0.5) is 4.79 Å². The second kappa shape index (κ2) is 23.2. The molecule has 3 aromatic heterocycles. The smallest absolute Gasteiger partial charge is 0.324 e. The van der Waals surface area contributed by atoms with E-state index < -0.39 is 35.4 Å². The molecule has 3 fully saturated rings. The summed E-state index contributed by atoms with van der Waals surface area (Å²) in [6.07, 6.45) is 5.21. The second-order valence-electron chi connectivity index (χ2n) is 19.5. The van der Waals surface area contributed by atoms with Crippen LogP contribution in [0.3, 0.4) is 0 Å². The normalized spacial score (nSPS) is 21.0. The molecule has 1 aromatic carbocycles. The van der Waals surface area contributed by atoms with Crippen molar-refractivity contribution in [2.24, 2.45) is 11.3 Å². The van der Waals surface area contributed by atoms with Crippen molar-refractivity contribution in [1.82, 2.24) is 45.0 Å². The molecule has 4 atom stereocenters. The topological polar surface area (TPSA) is 154 Å². The van der Waals surface area contributed by atoms with E-state index in [4.69, 9.17) is 19.4 Å². The van der Waals surface area contributed by atoms with E-state index >= 15 is 0 Å². The van der Waals surface area contributed by atoms with E-state index in [1.807, 2.05) is 37.1 Å². The number of carbonyl (C=O) groups excluding carboxylic acids is 4. The first-order chi connectivity index (χ1) is 30.5. The van der Waals surface area contributed by atoms with Crippen LogP contribution in [-0.2, 0) is 43.2 Å². The number of amides is 4. The van der Waals surface area contributed by atoms with E-state index in [1.165, 1.54) is 16.3 Å². The Hall–Kier alpha value is -3.50. The van der Waals surface area contributed by atoms with Crippen LogP contribution in [0.2, 0.25) is 0 Å². The number of cyclic esters (lactones) is 1. The summed E-state index contributed by atoms with van der Waals surface area (Å²) in [6, 6.07) is 7.69. The minimum Gasteiger partial charge on any atom is -0.464 e. The van der Waals surface area contributed by atoms with E-state index in [9.17, 15) is 19.2 Å². The number of aryl methyl sites for hydroxylation is 1. The molecule has 376 valence electrons. The molecule has 8 rings (SSSR count). The van der Waals surface area contributed by atoms with Gasteiger partial charge in [0.25, 0.3) is 5.91 Å². The van der Waals surface area contributed by atoms with Crippen LogP contribution < -0.4 is 10.7 Å². The maximum absolute atomic E-state index is 14.7. The van der Waals surface area contributed by atoms with E-state index in [-0.39, 0.29) is 96.5 Å². The maximum Gasteiger partial charge on any atom is 0.324 e. The molecule has 4 aromatic rings. The molecule has 2 N–H and O–H groups in total. The molecule has 1 aliphatic carbocycles. The summed E-state index contributed by atoms with van der Waals surface area (Å²) in [5.74, 6) is -1.47. The Labute approximate surface area is 433 Å². The van der Waals surface area contributed by atoms with Gasteiger partial charge in [-0.3, -0.25) is 24.4 Å². The fraction of sp³-hybridized carbons (Fsp3) is 0.583. The molecule has 4 aliphatic rings. The van der Waals surface area contributed by atoms with E-state index in [2.05, 4.69) is 72.3 Å². The van der Waals surface area contributed by atoms with Crippen LogP contribution in [0.25, 0.3) is 33.4 Å². The number of likely N-dealkylation sites (N-methyl/N-ethyl adjacent to an activating group) is 2. The number of aromatic nitrogens is 3. The number of nitrogens with one attached hydrogen (secondary N) is 2. The summed E-state index contributed by atoms with van der Waals surface area (Å²) in [5.41, 5.74) is 9.24. The van der Waals surface area contributed by atoms with Crippen molar-refractivity contribution in [3.05, 3.63) is 58.2 Å². The molecule has 2 saturated heterocycles. The van der Waals surface area contributed by atoms with Crippen LogP contribution in [0.1, 0.15) is 89.6 Å². The zero-order valence-corrected chi connectivity index (χ0v) is 45.7. The summed E-state index contributed by atoms with van der Waals surface area (Å²) in [4.78, 5) is 73.0. The predicted octanol–water partition coefficient (Wildman–Crippen LogP) is 6.51. The van der Waals surface area contributed by atoms with Gasteiger partial charge >= 0.3 is 12.0 Å². The van der Waals surface area contributed by atoms with Gasteiger partial charge in [0.1, 0.15) is 18.1 Å². The van der Waals surface area contributed by atoms with Gasteiger partial charge in [0.2, 0.25) is 5.91 Å². The van der Waals surface area contributed by atoms with Gasteiger partial charge in [0.15, 0.2) is 0 Å². The fourth-order valence-electron chi connectivity index (χ4n) is 10.1. The van der Waals surface area contributed by atoms with Gasteiger partial charge < -0.3 is 34.1 Å². The summed E-state index contributed by atoms with van der Waals surface area (Å²) in [5, 5.41) is 8.28. The third-order valence-corrected chi connectivity index (χ3v) is 14.5. The number of ether oxygens (including phenoxy) is 2. The molecule has 0 unspecified atom stereocenters. The van der Waals surface area contributed by atoms with Crippen molar-refractivity contribution in [3.63, 3.8) is 0 Å². The molecule has 15 nitrogen and oxygen atoms in total. The maximum atomic E-state index is 14.7. The molecule has 68 heavy (non-hydrogen) atoms. The Morgan fingerprint density at radius 2 is 1.81 bits per heavy atom. The van der Waals surface area contributed by atoms with Crippen molar-refractivity contribution < 1.29 is 28.7 Å². The number of carbonyl (C=O) groups is 4. The first kappa shape index (κ1) is 57.1. The van der Waals surface area contributed by atoms with Gasteiger partial charge in [-0.2, -0.15) is 54.0 Å². The molecule has 1 spiro atoms. The largest absolute Gasteiger partial charge is 0.464 e. The molecule has 6 bridgehead atoms. The number of urea groups is 1. The molecule has 4 amide bonds. The molecule has 6 heterocycles. The first-order valence-electron chi connectivity index (χ1n) is 22.9. The molecular formula is C48H73N9O6S5. The van der Waals surface area contributed by atoms with Crippen molar-refractivity contribution >= 4 is 100 Å². The third-order valence-electron chi connectivity index (χ3n) is 13.7. The number of hydrazine groups is 1. The third kappa shape index (κ3) is 11.5. The van der Waals surface area contributed by atoms with Crippen molar-refractivity contribution in [3.8, 4) is 22.5 Å². The lowest BCUT2D eigenvalue weighted by atomic mass is 9.84. The number of methoxy groups -OCH3 is 1. The van der Waals surface area contributed by atoms with Crippen LogP contribution in [0.5, 0.6) is 0 Å². The molecule has 3 aliphatic heterocycles. The number of pyridine rings is 1. The van der Waals surface area contributed by atoms with Gasteiger partial charge in [0, 0.05) is 92.3 Å².